The van der Waals surface area contributed by atoms with Crippen molar-refractivity contribution in [2.24, 2.45) is 0 Å². The van der Waals surface area contributed by atoms with Gasteiger partial charge in [0.1, 0.15) is 0 Å². The number of rotatable bonds is 6. The summed E-state index contributed by atoms with van der Waals surface area (Å²) < 4.78 is 116. The predicted octanol–water partition coefficient (Wildman–Crippen LogP) is 19.4. The summed E-state index contributed by atoms with van der Waals surface area (Å²) in [6.07, 6.45) is 0. The summed E-state index contributed by atoms with van der Waals surface area (Å²) in [5.74, 6) is 0. The van der Waals surface area contributed by atoms with Crippen LogP contribution in [0.1, 0.15) is 16.4 Å². The van der Waals surface area contributed by atoms with Crippen LogP contribution in [-0.4, -0.2) is 44.5 Å². The van der Waals surface area contributed by atoms with Crippen molar-refractivity contribution >= 4 is 119 Å². The Morgan fingerprint density at radius 2 is 0.439 bits per heavy atom. The topological polar surface area (TPSA) is 32.4 Å². The average Bonchev–Trinajstić information content (AvgIpc) is 1.55. The standard InChI is InChI=1S/C86H60N10.2Pt/c1-87-57-91(83-75(41-21-45-79(83)87)61-25-9-5-10-26-61)67-33-17-37-71(53-67)95(72-38-18-34-68(54-72)92-58-88(2)80-46-22-42-76(84(80)92)62-27-11-6-12-28-62)65-49-51-66(52-50-65)96(73-39-19-35-69(55-73)93-59-89(3)81-47-23-43-77(85(81)93)63-29-13-7-14-30-63)74-40-20-36-70(56-74)94-60-90(4)82-48-24-44-78(86(82)94)64-31-15-8-16-32-64;;/h5-52H,1-4H3;;/q-4;;/i1D3,2D3,3D3,4D3;;. The molecule has 6 aliphatic heterocycles. The van der Waals surface area contributed by atoms with Crippen molar-refractivity contribution < 1.29 is 51.7 Å². The van der Waals surface area contributed by atoms with E-state index >= 15 is 0 Å². The summed E-state index contributed by atoms with van der Waals surface area (Å²) >= 11 is -3.75. The molecule has 6 aliphatic rings. The van der Waals surface area contributed by atoms with E-state index in [1.807, 2.05) is 321 Å². The fourth-order valence-electron chi connectivity index (χ4n) is 13.9. The Morgan fingerprint density at radius 3 is 0.663 bits per heavy atom. The number of hydrogen-bond acceptors (Lipinski definition) is 10. The Labute approximate surface area is 603 Å². The van der Waals surface area contributed by atoms with Gasteiger partial charge in [-0.05, 0) is 0 Å². The zero-order chi connectivity index (χ0) is 75.3. The Hall–Kier alpha value is -11.3. The number of para-hydroxylation sites is 4. The first-order valence-electron chi connectivity index (χ1n) is 37.8. The molecule has 0 fully saturated rings. The number of anilines is 18. The quantitative estimate of drug-likeness (QED) is 0.150. The third-order valence-corrected chi connectivity index (χ3v) is 24.4. The van der Waals surface area contributed by atoms with Crippen LogP contribution in [0.2, 0.25) is 0 Å². The molecule has 12 heteroatoms. The van der Waals surface area contributed by atoms with Gasteiger partial charge in [0.25, 0.3) is 0 Å². The van der Waals surface area contributed by atoms with Crippen molar-refractivity contribution in [2.75, 3.05) is 76.9 Å². The van der Waals surface area contributed by atoms with Crippen molar-refractivity contribution in [1.82, 2.24) is 0 Å². The first-order chi connectivity index (χ1) is 53.2. The van der Waals surface area contributed by atoms with E-state index in [1.54, 1.807) is 0 Å². The van der Waals surface area contributed by atoms with E-state index in [9.17, 15) is 16.4 Å². The molecule has 0 unspecified atom stereocenters. The summed E-state index contributed by atoms with van der Waals surface area (Å²) in [4.78, 5) is 17.7. The fourth-order valence-corrected chi connectivity index (χ4v) is 20.1. The van der Waals surface area contributed by atoms with Crippen LogP contribution < -0.4 is 49.0 Å². The molecule has 0 N–H and O–H groups in total. The van der Waals surface area contributed by atoms with Gasteiger partial charge in [0.15, 0.2) is 0 Å². The molecule has 0 radical (unpaired) electrons. The molecule has 6 heterocycles. The second-order valence-corrected chi connectivity index (χ2v) is 29.0. The van der Waals surface area contributed by atoms with Gasteiger partial charge in [-0.25, -0.2) is 0 Å². The molecule has 13 aromatic carbocycles. The second-order valence-electron chi connectivity index (χ2n) is 23.8. The summed E-state index contributed by atoms with van der Waals surface area (Å²) in [7, 11) is 0. The SMILES string of the molecule is [2H]C([2H])([2H])N1[C]2=[Pt]=[C]3N(c4[c-]c(ccc4)N(c4ccc(N5c6[c-]c(ccc6)N6[C](=[Pt]=[C]7N(c8[c-]c5ccc8)c5c(-c8ccccc8)cccc5N7C([2H])([2H])[2H])N(C([2H])([2H])[2H])c5cccc(-c7ccccc7)c56)cc4)c4[c-]c(ccc4)N2c2c(-c4ccccc4)cccc21)c1c(-c2ccccc2)cccc1N3C([2H])([2H])[2H]. The zero-order valence-electron chi connectivity index (χ0n) is 63.8. The van der Waals surface area contributed by atoms with E-state index in [0.717, 1.165) is 44.5 Å². The molecule has 0 atom stereocenters. The summed E-state index contributed by atoms with van der Waals surface area (Å²) in [5.41, 5.74) is 16.1. The molecular weight excluding hydrogens is 1560 g/mol. The molecular formula is C86H60N10Pt2-4. The van der Waals surface area contributed by atoms with Crippen LogP contribution in [0.25, 0.3) is 44.5 Å². The molecule has 8 bridgehead atoms. The molecule has 0 aromatic heterocycles. The molecule has 0 spiro atoms. The van der Waals surface area contributed by atoms with Crippen molar-refractivity contribution in [3.8, 4) is 44.5 Å². The molecule has 13 aromatic rings. The van der Waals surface area contributed by atoms with E-state index in [0.29, 0.717) is 119 Å². The van der Waals surface area contributed by atoms with E-state index in [-0.39, 0.29) is 0 Å². The maximum absolute atomic E-state index is 9.50. The minimum atomic E-state index is -2.77. The normalized spacial score (nSPS) is 17.3. The van der Waals surface area contributed by atoms with Crippen LogP contribution in [0.15, 0.2) is 291 Å². The second kappa shape index (κ2) is 23.2. The van der Waals surface area contributed by atoms with Gasteiger partial charge in [-0.2, -0.15) is 0 Å². The Balaban J connectivity index is 0.844. The van der Waals surface area contributed by atoms with E-state index < -0.39 is 63.2 Å². The first kappa shape index (κ1) is 46.8. The van der Waals surface area contributed by atoms with Crippen molar-refractivity contribution in [1.29, 1.82) is 0 Å². The van der Waals surface area contributed by atoms with Gasteiger partial charge in [0.05, 0.1) is 0 Å². The first-order valence-corrected chi connectivity index (χ1v) is 36.3. The molecule has 478 valence electrons. The third kappa shape index (κ3) is 9.15. The Kier molecular flexibility index (Phi) is 11.1. The number of nitrogens with zero attached hydrogens (tertiary/aromatic N) is 10. The fraction of sp³-hybridized carbons (Fsp3) is 0.0465. The number of benzene rings is 13. The monoisotopic (exact) mass is 1630 g/mol. The van der Waals surface area contributed by atoms with Gasteiger partial charge in [-0.3, -0.25) is 0 Å². The third-order valence-electron chi connectivity index (χ3n) is 18.3. The van der Waals surface area contributed by atoms with Crippen molar-refractivity contribution in [3.05, 3.63) is 315 Å². The molecule has 0 saturated heterocycles. The van der Waals surface area contributed by atoms with Crippen LogP contribution in [0.3, 0.4) is 0 Å². The number of fused-ring (bicyclic) bond motifs is 24. The van der Waals surface area contributed by atoms with E-state index in [4.69, 9.17) is 0 Å². The van der Waals surface area contributed by atoms with E-state index in [2.05, 4.69) is 24.3 Å². The van der Waals surface area contributed by atoms with Gasteiger partial charge in [-0.1, -0.05) is 0 Å². The van der Waals surface area contributed by atoms with Crippen LogP contribution in [-0.2, 0) is 35.3 Å². The van der Waals surface area contributed by atoms with Gasteiger partial charge in [0, 0.05) is 0 Å². The van der Waals surface area contributed by atoms with Gasteiger partial charge >= 0.3 is 608 Å². The van der Waals surface area contributed by atoms with Crippen LogP contribution in [0, 0.1) is 24.3 Å². The summed E-state index contributed by atoms with van der Waals surface area (Å²) in [5, 5.41) is 0. The minimum absolute atomic E-state index is 0.380. The van der Waals surface area contributed by atoms with Crippen molar-refractivity contribution in [2.45, 2.75) is 0 Å². The molecule has 19 rings (SSSR count). The predicted molar refractivity (Wildman–Crippen MR) is 401 cm³/mol. The molecule has 10 nitrogen and oxygen atoms in total. The van der Waals surface area contributed by atoms with Gasteiger partial charge in [-0.15, -0.1) is 0 Å². The van der Waals surface area contributed by atoms with Crippen LogP contribution >= 0.6 is 0 Å². The molecule has 0 saturated carbocycles. The van der Waals surface area contributed by atoms with Gasteiger partial charge < -0.3 is 0 Å². The van der Waals surface area contributed by atoms with Gasteiger partial charge in [0.2, 0.25) is 0 Å². The molecule has 0 amide bonds. The Bertz CT molecular complexity index is 5340. The van der Waals surface area contributed by atoms with Crippen LogP contribution in [0.4, 0.5) is 102 Å². The molecule has 0 aliphatic carbocycles. The van der Waals surface area contributed by atoms with E-state index in [1.165, 1.54) is 19.6 Å². The Morgan fingerprint density at radius 1 is 0.224 bits per heavy atom. The number of hydrogen-bond donors (Lipinski definition) is 0. The summed E-state index contributed by atoms with van der Waals surface area (Å²) in [6, 6.07) is 109. The maximum atomic E-state index is 9.50. The average molecular weight is 1640 g/mol. The van der Waals surface area contributed by atoms with Crippen LogP contribution in [0.5, 0.6) is 0 Å². The van der Waals surface area contributed by atoms with Crippen molar-refractivity contribution in [3.63, 3.8) is 0 Å². The molecule has 98 heavy (non-hydrogen) atoms. The summed E-state index contributed by atoms with van der Waals surface area (Å²) in [6.45, 7) is -11.1. The zero-order valence-corrected chi connectivity index (χ0v) is 56.4.